The zero-order valence-electron chi connectivity index (χ0n) is 11.4. The van der Waals surface area contributed by atoms with Gasteiger partial charge in [0.15, 0.2) is 0 Å². The molecule has 5 heteroatoms. The molecule has 20 heavy (non-hydrogen) atoms. The number of nitrogens with zero attached hydrogens (tertiary/aromatic N) is 1. The maximum absolute atomic E-state index is 12.3. The van der Waals surface area contributed by atoms with Crippen LogP contribution in [-0.2, 0) is 9.59 Å². The number of carbonyl (C=O) groups excluding carboxylic acids is 2. The molecule has 0 spiro atoms. The van der Waals surface area contributed by atoms with Crippen molar-refractivity contribution in [3.8, 4) is 0 Å². The number of carbonyl (C=O) groups is 2. The lowest BCUT2D eigenvalue weighted by molar-refractivity contribution is -0.121. The van der Waals surface area contributed by atoms with E-state index in [0.717, 1.165) is 24.9 Å². The summed E-state index contributed by atoms with van der Waals surface area (Å²) in [5.41, 5.74) is 6.78. The highest BCUT2D eigenvalue weighted by Crippen LogP contribution is 2.45. The molecule has 2 fully saturated rings. The fourth-order valence-electron chi connectivity index (χ4n) is 2.65. The Morgan fingerprint density at radius 3 is 2.70 bits per heavy atom. The van der Waals surface area contributed by atoms with Gasteiger partial charge < -0.3 is 16.0 Å². The third-order valence-corrected chi connectivity index (χ3v) is 4.24. The van der Waals surface area contributed by atoms with E-state index >= 15 is 0 Å². The minimum absolute atomic E-state index is 0.0286. The highest BCUT2D eigenvalue weighted by molar-refractivity contribution is 6.04. The summed E-state index contributed by atoms with van der Waals surface area (Å²) in [5, 5.41) is 2.95. The molecule has 0 bridgehead atoms. The number of hydrogen-bond donors (Lipinski definition) is 2. The van der Waals surface area contributed by atoms with Crippen molar-refractivity contribution in [2.75, 3.05) is 23.3 Å². The Kier molecular flexibility index (Phi) is 3.22. The van der Waals surface area contributed by atoms with Gasteiger partial charge in [-0.25, -0.2) is 0 Å². The molecule has 0 atom stereocenters. The molecule has 0 aromatic heterocycles. The summed E-state index contributed by atoms with van der Waals surface area (Å²) < 4.78 is 0. The normalized spacial score (nSPS) is 20.1. The van der Waals surface area contributed by atoms with Gasteiger partial charge in [0, 0.05) is 19.5 Å². The van der Waals surface area contributed by atoms with Crippen LogP contribution in [-0.4, -0.2) is 24.9 Å². The lowest BCUT2D eigenvalue weighted by atomic mass is 10.1. The fourth-order valence-corrected chi connectivity index (χ4v) is 2.65. The van der Waals surface area contributed by atoms with Crippen molar-refractivity contribution >= 4 is 23.2 Å². The number of anilines is 2. The number of hydrogen-bond acceptors (Lipinski definition) is 3. The van der Waals surface area contributed by atoms with E-state index in [2.05, 4.69) is 5.32 Å². The predicted molar refractivity (Wildman–Crippen MR) is 77.4 cm³/mol. The summed E-state index contributed by atoms with van der Waals surface area (Å²) in [5.74, 6) is 0.0887. The van der Waals surface area contributed by atoms with Crippen LogP contribution in [0.25, 0.3) is 0 Å². The summed E-state index contributed by atoms with van der Waals surface area (Å²) in [6.45, 7) is 1.09. The number of benzene rings is 1. The van der Waals surface area contributed by atoms with Crippen LogP contribution in [0.5, 0.6) is 0 Å². The van der Waals surface area contributed by atoms with Gasteiger partial charge in [-0.15, -0.1) is 0 Å². The SMILES string of the molecule is NCC1(C(=O)Nc2ccccc2N2CCCC2=O)CC1. The number of nitrogens with one attached hydrogen (secondary N) is 1. The van der Waals surface area contributed by atoms with Crippen LogP contribution in [0.1, 0.15) is 25.7 Å². The Hall–Kier alpha value is -1.88. The Balaban J connectivity index is 1.83. The van der Waals surface area contributed by atoms with Crippen LogP contribution in [0.2, 0.25) is 0 Å². The summed E-state index contributed by atoms with van der Waals surface area (Å²) >= 11 is 0. The Bertz CT molecular complexity index is 552. The van der Waals surface area contributed by atoms with E-state index in [0.29, 0.717) is 25.2 Å². The number of para-hydroxylation sites is 2. The molecule has 1 aromatic rings. The highest BCUT2D eigenvalue weighted by Gasteiger charge is 2.48. The second kappa shape index (κ2) is 4.90. The second-order valence-corrected chi connectivity index (χ2v) is 5.60. The molecular formula is C15H19N3O2. The average molecular weight is 273 g/mol. The topological polar surface area (TPSA) is 75.4 Å². The van der Waals surface area contributed by atoms with Crippen LogP contribution in [0, 0.1) is 5.41 Å². The van der Waals surface area contributed by atoms with Crippen molar-refractivity contribution < 1.29 is 9.59 Å². The van der Waals surface area contributed by atoms with Crippen molar-refractivity contribution in [2.24, 2.45) is 11.1 Å². The molecule has 0 radical (unpaired) electrons. The maximum Gasteiger partial charge on any atom is 0.231 e. The summed E-state index contributed by atoms with van der Waals surface area (Å²) in [4.78, 5) is 25.9. The molecule has 1 saturated carbocycles. The molecule has 1 aliphatic heterocycles. The molecule has 3 rings (SSSR count). The molecule has 2 amide bonds. The van der Waals surface area contributed by atoms with Crippen molar-refractivity contribution in [3.63, 3.8) is 0 Å². The summed E-state index contributed by atoms with van der Waals surface area (Å²) in [7, 11) is 0. The second-order valence-electron chi connectivity index (χ2n) is 5.60. The first-order valence-corrected chi connectivity index (χ1v) is 7.07. The molecule has 1 heterocycles. The summed E-state index contributed by atoms with van der Waals surface area (Å²) in [6.07, 6.45) is 3.14. The van der Waals surface area contributed by atoms with Gasteiger partial charge in [0.05, 0.1) is 16.8 Å². The zero-order chi connectivity index (χ0) is 14.2. The third kappa shape index (κ3) is 2.18. The number of nitrogens with two attached hydrogens (primary N) is 1. The average Bonchev–Trinajstić information content (AvgIpc) is 3.16. The lowest BCUT2D eigenvalue weighted by Gasteiger charge is -2.21. The van der Waals surface area contributed by atoms with Crippen LogP contribution in [0.4, 0.5) is 11.4 Å². The Morgan fingerprint density at radius 1 is 1.35 bits per heavy atom. The van der Waals surface area contributed by atoms with E-state index in [9.17, 15) is 9.59 Å². The number of amides is 2. The minimum atomic E-state index is -0.387. The molecule has 0 unspecified atom stereocenters. The monoisotopic (exact) mass is 273 g/mol. The van der Waals surface area contributed by atoms with E-state index in [1.54, 1.807) is 4.90 Å². The largest absolute Gasteiger partial charge is 0.329 e. The van der Waals surface area contributed by atoms with Crippen LogP contribution >= 0.6 is 0 Å². The fraction of sp³-hybridized carbons (Fsp3) is 0.467. The number of rotatable bonds is 4. The van der Waals surface area contributed by atoms with Crippen molar-refractivity contribution in [1.82, 2.24) is 0 Å². The van der Waals surface area contributed by atoms with Crippen LogP contribution in [0.15, 0.2) is 24.3 Å². The minimum Gasteiger partial charge on any atom is -0.329 e. The van der Waals surface area contributed by atoms with E-state index < -0.39 is 0 Å². The van der Waals surface area contributed by atoms with Gasteiger partial charge >= 0.3 is 0 Å². The van der Waals surface area contributed by atoms with Gasteiger partial charge in [0.2, 0.25) is 11.8 Å². The third-order valence-electron chi connectivity index (χ3n) is 4.24. The molecule has 3 N–H and O–H groups in total. The molecule has 1 saturated heterocycles. The first kappa shape index (κ1) is 13.1. The molecule has 106 valence electrons. The predicted octanol–water partition coefficient (Wildman–Crippen LogP) is 1.49. The quantitative estimate of drug-likeness (QED) is 0.872. The van der Waals surface area contributed by atoms with Gasteiger partial charge in [-0.3, -0.25) is 9.59 Å². The molecule has 1 aromatic carbocycles. The van der Waals surface area contributed by atoms with Crippen molar-refractivity contribution in [2.45, 2.75) is 25.7 Å². The Labute approximate surface area is 118 Å². The van der Waals surface area contributed by atoms with Crippen LogP contribution in [0.3, 0.4) is 0 Å². The summed E-state index contributed by atoms with van der Waals surface area (Å²) in [6, 6.07) is 7.46. The highest BCUT2D eigenvalue weighted by atomic mass is 16.2. The van der Waals surface area contributed by atoms with Gasteiger partial charge in [-0.05, 0) is 31.4 Å². The van der Waals surface area contributed by atoms with Gasteiger partial charge in [0.25, 0.3) is 0 Å². The molecule has 1 aliphatic carbocycles. The first-order chi connectivity index (χ1) is 9.66. The van der Waals surface area contributed by atoms with Gasteiger partial charge in [-0.1, -0.05) is 12.1 Å². The standard InChI is InChI=1S/C15H19N3O2/c16-10-15(7-8-15)14(20)17-11-4-1-2-5-12(11)18-9-3-6-13(18)19/h1-2,4-5H,3,6-10,16H2,(H,17,20). The van der Waals surface area contributed by atoms with Crippen molar-refractivity contribution in [1.29, 1.82) is 0 Å². The van der Waals surface area contributed by atoms with Crippen LogP contribution < -0.4 is 16.0 Å². The van der Waals surface area contributed by atoms with E-state index in [4.69, 9.17) is 5.73 Å². The lowest BCUT2D eigenvalue weighted by Crippen LogP contribution is -2.32. The smallest absolute Gasteiger partial charge is 0.231 e. The molecule has 2 aliphatic rings. The van der Waals surface area contributed by atoms with Gasteiger partial charge in [-0.2, -0.15) is 0 Å². The van der Waals surface area contributed by atoms with E-state index in [1.165, 1.54) is 0 Å². The molecule has 5 nitrogen and oxygen atoms in total. The van der Waals surface area contributed by atoms with E-state index in [1.807, 2.05) is 24.3 Å². The molecular weight excluding hydrogens is 254 g/mol. The van der Waals surface area contributed by atoms with Gasteiger partial charge in [0.1, 0.15) is 0 Å². The maximum atomic E-state index is 12.3. The van der Waals surface area contributed by atoms with Crippen molar-refractivity contribution in [3.05, 3.63) is 24.3 Å². The zero-order valence-corrected chi connectivity index (χ0v) is 11.4. The Morgan fingerprint density at radius 2 is 2.10 bits per heavy atom. The first-order valence-electron chi connectivity index (χ1n) is 7.07. The van der Waals surface area contributed by atoms with E-state index in [-0.39, 0.29) is 17.2 Å².